The summed E-state index contributed by atoms with van der Waals surface area (Å²) >= 11 is 0. The van der Waals surface area contributed by atoms with Crippen molar-refractivity contribution in [3.63, 3.8) is 0 Å². The van der Waals surface area contributed by atoms with Crippen LogP contribution in [0, 0.1) is 17.2 Å². The van der Waals surface area contributed by atoms with Crippen LogP contribution in [0.5, 0.6) is 0 Å². The largest absolute Gasteiger partial charge is 0.481 e. The van der Waals surface area contributed by atoms with E-state index < -0.39 is 31.1 Å². The Bertz CT molecular complexity index is 420. The zero-order valence-corrected chi connectivity index (χ0v) is 12.7. The van der Waals surface area contributed by atoms with E-state index in [9.17, 15) is 14.2 Å². The molecule has 0 saturated heterocycles. The predicted octanol–water partition coefficient (Wildman–Crippen LogP) is 1.55. The standard InChI is InChI=1S/C12H22NO7P/c1-2-8(7-13)5-3-4-6-9(11(14)15)10(12(16)17)21(18,19)20/h7-10,13H,2-6H2,1H3,(H,14,15)(H,16,17)(H2,18,19,20). The minimum absolute atomic E-state index is 0.0883. The molecule has 122 valence electrons. The molecule has 3 atom stereocenters. The number of hydrogen-bond acceptors (Lipinski definition) is 4. The Hall–Kier alpha value is -1.24. The Labute approximate surface area is 122 Å². The molecule has 0 aromatic rings. The van der Waals surface area contributed by atoms with Crippen LogP contribution < -0.4 is 0 Å². The lowest BCUT2D eigenvalue weighted by Crippen LogP contribution is -2.35. The van der Waals surface area contributed by atoms with Crippen LogP contribution >= 0.6 is 7.60 Å². The van der Waals surface area contributed by atoms with E-state index in [-0.39, 0.29) is 12.3 Å². The summed E-state index contributed by atoms with van der Waals surface area (Å²) in [5.74, 6) is -4.86. The van der Waals surface area contributed by atoms with Crippen LogP contribution in [0.15, 0.2) is 0 Å². The number of hydrogen-bond donors (Lipinski definition) is 5. The molecule has 0 aromatic carbocycles. The van der Waals surface area contributed by atoms with Gasteiger partial charge in [0.1, 0.15) is 0 Å². The molecule has 0 saturated carbocycles. The van der Waals surface area contributed by atoms with Crippen LogP contribution in [-0.4, -0.2) is 43.8 Å². The van der Waals surface area contributed by atoms with Gasteiger partial charge < -0.3 is 25.4 Å². The van der Waals surface area contributed by atoms with Gasteiger partial charge in [-0.1, -0.05) is 19.8 Å². The molecule has 0 radical (unpaired) electrons. The molecular weight excluding hydrogens is 301 g/mol. The van der Waals surface area contributed by atoms with Crippen LogP contribution in [0.4, 0.5) is 0 Å². The maximum absolute atomic E-state index is 11.2. The van der Waals surface area contributed by atoms with Crippen molar-refractivity contribution in [2.24, 2.45) is 11.8 Å². The van der Waals surface area contributed by atoms with Gasteiger partial charge in [-0.3, -0.25) is 14.2 Å². The van der Waals surface area contributed by atoms with Crippen molar-refractivity contribution < 1.29 is 34.2 Å². The van der Waals surface area contributed by atoms with Crippen LogP contribution in [0.2, 0.25) is 0 Å². The maximum Gasteiger partial charge on any atom is 0.340 e. The molecule has 0 aliphatic carbocycles. The predicted molar refractivity (Wildman–Crippen MR) is 75.6 cm³/mol. The van der Waals surface area contributed by atoms with E-state index in [4.69, 9.17) is 25.4 Å². The Morgan fingerprint density at radius 2 is 1.67 bits per heavy atom. The van der Waals surface area contributed by atoms with Crippen molar-refractivity contribution >= 4 is 25.7 Å². The zero-order valence-electron chi connectivity index (χ0n) is 11.8. The van der Waals surface area contributed by atoms with Crippen LogP contribution in [0.1, 0.15) is 39.0 Å². The summed E-state index contributed by atoms with van der Waals surface area (Å²) in [5.41, 5.74) is -2.22. The number of unbranched alkanes of at least 4 members (excludes halogenated alkanes) is 1. The van der Waals surface area contributed by atoms with Gasteiger partial charge in [-0.15, -0.1) is 0 Å². The van der Waals surface area contributed by atoms with Crippen molar-refractivity contribution in [1.82, 2.24) is 0 Å². The molecular formula is C12H22NO7P. The molecule has 0 heterocycles. The fourth-order valence-electron chi connectivity index (χ4n) is 2.14. The lowest BCUT2D eigenvalue weighted by molar-refractivity contribution is -0.148. The SMILES string of the molecule is CCC(C=N)CCCCC(C(=O)O)C(C(=O)O)P(=O)(O)O. The topological polar surface area (TPSA) is 156 Å². The summed E-state index contributed by atoms with van der Waals surface area (Å²) in [6.45, 7) is 1.92. The first-order valence-corrected chi connectivity index (χ1v) is 8.34. The van der Waals surface area contributed by atoms with E-state index in [0.717, 1.165) is 6.42 Å². The zero-order chi connectivity index (χ0) is 16.6. The van der Waals surface area contributed by atoms with Gasteiger partial charge in [-0.2, -0.15) is 0 Å². The molecule has 3 unspecified atom stereocenters. The summed E-state index contributed by atoms with van der Waals surface area (Å²) in [5, 5.41) is 25.0. The van der Waals surface area contributed by atoms with E-state index in [1.54, 1.807) is 0 Å². The average Bonchev–Trinajstić information content (AvgIpc) is 2.35. The summed E-state index contributed by atoms with van der Waals surface area (Å²) in [7, 11) is -5.04. The third kappa shape index (κ3) is 6.84. The van der Waals surface area contributed by atoms with E-state index in [2.05, 4.69) is 0 Å². The van der Waals surface area contributed by atoms with E-state index in [1.165, 1.54) is 6.21 Å². The van der Waals surface area contributed by atoms with E-state index in [0.29, 0.717) is 19.3 Å². The number of carbonyl (C=O) groups is 2. The van der Waals surface area contributed by atoms with Gasteiger partial charge in [0.25, 0.3) is 0 Å². The molecule has 0 amide bonds. The number of rotatable bonds is 11. The van der Waals surface area contributed by atoms with Crippen molar-refractivity contribution in [3.8, 4) is 0 Å². The number of nitrogens with one attached hydrogen (secondary N) is 1. The monoisotopic (exact) mass is 323 g/mol. The van der Waals surface area contributed by atoms with Gasteiger partial charge >= 0.3 is 19.5 Å². The molecule has 9 heteroatoms. The number of carboxylic acids is 2. The molecule has 0 spiro atoms. The van der Waals surface area contributed by atoms with Crippen molar-refractivity contribution in [2.45, 2.75) is 44.7 Å². The summed E-state index contributed by atoms with van der Waals surface area (Å²) in [6, 6.07) is 0. The molecule has 0 aliphatic rings. The molecule has 0 aliphatic heterocycles. The van der Waals surface area contributed by atoms with Crippen molar-refractivity contribution in [1.29, 1.82) is 5.41 Å². The van der Waals surface area contributed by atoms with Gasteiger partial charge in [-0.25, -0.2) is 0 Å². The lowest BCUT2D eigenvalue weighted by atomic mass is 9.94. The smallest absolute Gasteiger partial charge is 0.340 e. The highest BCUT2D eigenvalue weighted by Crippen LogP contribution is 2.46. The minimum atomic E-state index is -5.04. The van der Waals surface area contributed by atoms with Gasteiger partial charge in [0.05, 0.1) is 5.92 Å². The fraction of sp³-hybridized carbons (Fsp3) is 0.750. The highest BCUT2D eigenvalue weighted by atomic mass is 31.2. The lowest BCUT2D eigenvalue weighted by Gasteiger charge is -2.21. The molecule has 0 rings (SSSR count). The molecule has 8 nitrogen and oxygen atoms in total. The van der Waals surface area contributed by atoms with Crippen molar-refractivity contribution in [2.75, 3.05) is 0 Å². The summed E-state index contributed by atoms with van der Waals surface area (Å²) in [4.78, 5) is 40.1. The molecule has 21 heavy (non-hydrogen) atoms. The quantitative estimate of drug-likeness (QED) is 0.219. The normalized spacial score (nSPS) is 16.0. The van der Waals surface area contributed by atoms with E-state index >= 15 is 0 Å². The molecule has 0 bridgehead atoms. The highest BCUT2D eigenvalue weighted by Gasteiger charge is 2.45. The van der Waals surface area contributed by atoms with Crippen LogP contribution in [-0.2, 0) is 14.2 Å². The third-order valence-electron chi connectivity index (χ3n) is 3.41. The number of aliphatic carboxylic acids is 2. The Morgan fingerprint density at radius 1 is 1.14 bits per heavy atom. The maximum atomic E-state index is 11.2. The second kappa shape index (κ2) is 8.92. The average molecular weight is 323 g/mol. The molecule has 5 N–H and O–H groups in total. The fourth-order valence-corrected chi connectivity index (χ4v) is 3.18. The highest BCUT2D eigenvalue weighted by molar-refractivity contribution is 7.53. The molecule has 0 aromatic heterocycles. The Kier molecular flexibility index (Phi) is 8.39. The first-order chi connectivity index (χ1) is 9.65. The van der Waals surface area contributed by atoms with Crippen LogP contribution in [0.3, 0.4) is 0 Å². The summed E-state index contributed by atoms with van der Waals surface area (Å²) < 4.78 is 11.2. The molecule has 0 fully saturated rings. The van der Waals surface area contributed by atoms with Gasteiger partial charge in [0, 0.05) is 0 Å². The third-order valence-corrected chi connectivity index (χ3v) is 4.72. The van der Waals surface area contributed by atoms with Gasteiger partial charge in [-0.05, 0) is 31.4 Å². The van der Waals surface area contributed by atoms with E-state index in [1.807, 2.05) is 6.92 Å². The second-order valence-electron chi connectivity index (χ2n) is 4.94. The van der Waals surface area contributed by atoms with Crippen LogP contribution in [0.25, 0.3) is 0 Å². The number of carboxylic acid groups (broad SMARTS) is 2. The van der Waals surface area contributed by atoms with Gasteiger partial charge in [0.2, 0.25) is 0 Å². The first kappa shape index (κ1) is 19.8. The Balaban J connectivity index is 4.70. The summed E-state index contributed by atoms with van der Waals surface area (Å²) in [6.07, 6.45) is 3.55. The van der Waals surface area contributed by atoms with Gasteiger partial charge in [0.15, 0.2) is 5.66 Å². The van der Waals surface area contributed by atoms with Crippen molar-refractivity contribution in [3.05, 3.63) is 0 Å². The second-order valence-corrected chi connectivity index (χ2v) is 6.67. The Morgan fingerprint density at radius 3 is 2.00 bits per heavy atom. The first-order valence-electron chi connectivity index (χ1n) is 6.66. The minimum Gasteiger partial charge on any atom is -0.481 e.